The maximum atomic E-state index is 12.9. The van der Waals surface area contributed by atoms with Gasteiger partial charge in [-0.15, -0.1) is 0 Å². The van der Waals surface area contributed by atoms with Crippen molar-refractivity contribution in [2.45, 2.75) is 6.92 Å². The van der Waals surface area contributed by atoms with E-state index in [-0.39, 0.29) is 22.1 Å². The Bertz CT molecular complexity index is 1240. The molecule has 0 fully saturated rings. The summed E-state index contributed by atoms with van der Waals surface area (Å²) in [4.78, 5) is 28.0. The van der Waals surface area contributed by atoms with Crippen molar-refractivity contribution in [1.29, 1.82) is 0 Å². The minimum atomic E-state index is -1.15. The van der Waals surface area contributed by atoms with Gasteiger partial charge in [-0.2, -0.15) is 9.78 Å². The molecule has 0 saturated heterocycles. The highest BCUT2D eigenvalue weighted by atomic mass is 79.9. The van der Waals surface area contributed by atoms with Gasteiger partial charge in [-0.3, -0.25) is 4.79 Å². The molecule has 0 saturated carbocycles. The first-order valence-corrected chi connectivity index (χ1v) is 10.3. The number of aromatic nitrogens is 2. The normalized spacial score (nSPS) is 11.2. The number of halogens is 3. The summed E-state index contributed by atoms with van der Waals surface area (Å²) in [6.45, 7) is 1.09. The fourth-order valence-corrected chi connectivity index (χ4v) is 3.65. The largest absolute Gasteiger partial charge is 0.493 e. The molecule has 0 unspecified atom stereocenters. The third-order valence-electron chi connectivity index (χ3n) is 4.00. The maximum Gasteiger partial charge on any atom is 0.341 e. The van der Waals surface area contributed by atoms with E-state index in [9.17, 15) is 9.59 Å². The summed E-state index contributed by atoms with van der Waals surface area (Å²) in [6, 6.07) is 6.79. The summed E-state index contributed by atoms with van der Waals surface area (Å²) in [7, 11) is 1.40. The Morgan fingerprint density at radius 2 is 2.10 bits per heavy atom. The second-order valence-corrected chi connectivity index (χ2v) is 8.08. The van der Waals surface area contributed by atoms with Crippen molar-refractivity contribution >= 4 is 66.5 Å². The number of carbonyl (C=O) groups is 1. The minimum absolute atomic E-state index is 0.0798. The third-order valence-corrected chi connectivity index (χ3v) is 5.93. The standard InChI is InChI=1S/C19H14Br2ClN3O5/c1-9-24-13-4-3-11(20)6-12(13)19(28)25(9)23-7-10-5-14(29-2)18(17(22)16(10)21)30-8-15(26)27/h3-7H,8H2,1-2H3,(H,26,27). The highest BCUT2D eigenvalue weighted by molar-refractivity contribution is 9.10. The predicted molar refractivity (Wildman–Crippen MR) is 120 cm³/mol. The molecule has 0 aliphatic carbocycles. The van der Waals surface area contributed by atoms with Crippen LogP contribution in [0.2, 0.25) is 5.02 Å². The molecule has 2 aromatic carbocycles. The first kappa shape index (κ1) is 22.3. The number of ether oxygens (including phenoxy) is 2. The van der Waals surface area contributed by atoms with Crippen molar-refractivity contribution in [1.82, 2.24) is 9.66 Å². The van der Waals surface area contributed by atoms with E-state index in [1.54, 1.807) is 31.2 Å². The minimum Gasteiger partial charge on any atom is -0.493 e. The number of methoxy groups -OCH3 is 1. The van der Waals surface area contributed by atoms with Crippen LogP contribution in [0.5, 0.6) is 11.5 Å². The van der Waals surface area contributed by atoms with Gasteiger partial charge in [0, 0.05) is 14.5 Å². The molecule has 0 amide bonds. The number of hydrogen-bond acceptors (Lipinski definition) is 6. The molecule has 1 aromatic heterocycles. The van der Waals surface area contributed by atoms with Crippen molar-refractivity contribution in [3.05, 3.63) is 60.0 Å². The molecule has 0 radical (unpaired) electrons. The zero-order chi connectivity index (χ0) is 22.0. The zero-order valence-corrected chi connectivity index (χ0v) is 19.6. The van der Waals surface area contributed by atoms with Gasteiger partial charge in [-0.05, 0) is 47.1 Å². The lowest BCUT2D eigenvalue weighted by molar-refractivity contribution is -0.139. The second-order valence-electron chi connectivity index (χ2n) is 5.99. The number of nitrogens with zero attached hydrogens (tertiary/aromatic N) is 3. The molecule has 0 bridgehead atoms. The lowest BCUT2D eigenvalue weighted by Crippen LogP contribution is -2.20. The predicted octanol–water partition coefficient (Wildman–Crippen LogP) is 4.24. The SMILES string of the molecule is COc1cc(C=Nn2c(C)nc3ccc(Br)cc3c2=O)c(Br)c(Cl)c1OCC(=O)O. The van der Waals surface area contributed by atoms with Gasteiger partial charge in [0.2, 0.25) is 0 Å². The number of aliphatic carboxylic acids is 1. The average molecular weight is 560 g/mol. The van der Waals surface area contributed by atoms with E-state index in [1.807, 2.05) is 0 Å². The van der Waals surface area contributed by atoms with Gasteiger partial charge >= 0.3 is 5.97 Å². The van der Waals surface area contributed by atoms with E-state index < -0.39 is 12.6 Å². The van der Waals surface area contributed by atoms with Crippen molar-refractivity contribution in [2.24, 2.45) is 5.10 Å². The molecule has 0 spiro atoms. The number of rotatable bonds is 6. The molecule has 11 heteroatoms. The first-order chi connectivity index (χ1) is 14.2. The summed E-state index contributed by atoms with van der Waals surface area (Å²) in [6.07, 6.45) is 1.42. The molecular formula is C19H14Br2ClN3O5. The van der Waals surface area contributed by atoms with Crippen LogP contribution in [0.25, 0.3) is 10.9 Å². The molecule has 0 aliphatic heterocycles. The summed E-state index contributed by atoms with van der Waals surface area (Å²) >= 11 is 13.0. The Labute approximate surface area is 192 Å². The zero-order valence-electron chi connectivity index (χ0n) is 15.6. The van der Waals surface area contributed by atoms with Crippen molar-refractivity contribution < 1.29 is 19.4 Å². The van der Waals surface area contributed by atoms with Crippen molar-refractivity contribution in [2.75, 3.05) is 13.7 Å². The maximum absolute atomic E-state index is 12.9. The molecule has 0 atom stereocenters. The van der Waals surface area contributed by atoms with Crippen LogP contribution in [0.1, 0.15) is 11.4 Å². The van der Waals surface area contributed by atoms with Gasteiger partial charge < -0.3 is 14.6 Å². The lowest BCUT2D eigenvalue weighted by Gasteiger charge is -2.14. The lowest BCUT2D eigenvalue weighted by atomic mass is 10.2. The van der Waals surface area contributed by atoms with E-state index in [0.717, 1.165) is 4.47 Å². The summed E-state index contributed by atoms with van der Waals surface area (Å²) in [5.74, 6) is -0.450. The molecular weight excluding hydrogens is 545 g/mol. The van der Waals surface area contributed by atoms with Gasteiger partial charge in [0.1, 0.15) is 10.8 Å². The molecule has 1 N–H and O–H groups in total. The number of benzene rings is 2. The van der Waals surface area contributed by atoms with E-state index in [4.69, 9.17) is 26.2 Å². The highest BCUT2D eigenvalue weighted by Crippen LogP contribution is 2.42. The van der Waals surface area contributed by atoms with Gasteiger partial charge in [0.05, 0.1) is 24.2 Å². The molecule has 8 nitrogen and oxygen atoms in total. The Kier molecular flexibility index (Phi) is 6.79. The monoisotopic (exact) mass is 557 g/mol. The number of carboxylic acid groups (broad SMARTS) is 1. The fraction of sp³-hybridized carbons (Fsp3) is 0.158. The van der Waals surface area contributed by atoms with Crippen LogP contribution in [-0.4, -0.2) is 40.7 Å². The van der Waals surface area contributed by atoms with Crippen molar-refractivity contribution in [3.63, 3.8) is 0 Å². The Hall–Kier alpha value is -2.43. The van der Waals surface area contributed by atoms with E-state index in [1.165, 1.54) is 18.0 Å². The van der Waals surface area contributed by atoms with Crippen molar-refractivity contribution in [3.8, 4) is 11.5 Å². The van der Waals surface area contributed by atoms with E-state index in [0.29, 0.717) is 26.8 Å². The van der Waals surface area contributed by atoms with Crippen LogP contribution in [0, 0.1) is 6.92 Å². The Morgan fingerprint density at radius 3 is 2.77 bits per heavy atom. The smallest absolute Gasteiger partial charge is 0.341 e. The topological polar surface area (TPSA) is 103 Å². The van der Waals surface area contributed by atoms with Crippen LogP contribution in [0.3, 0.4) is 0 Å². The molecule has 0 aliphatic rings. The van der Waals surface area contributed by atoms with E-state index >= 15 is 0 Å². The van der Waals surface area contributed by atoms with Gasteiger partial charge in [0.15, 0.2) is 18.1 Å². The number of carboxylic acids is 1. The summed E-state index contributed by atoms with van der Waals surface area (Å²) in [5, 5.41) is 13.6. The molecule has 3 rings (SSSR count). The average Bonchev–Trinajstić information content (AvgIpc) is 2.70. The number of fused-ring (bicyclic) bond motifs is 1. The molecule has 3 aromatic rings. The quantitative estimate of drug-likeness (QED) is 0.454. The second kappa shape index (κ2) is 9.15. The fourth-order valence-electron chi connectivity index (χ4n) is 2.63. The Morgan fingerprint density at radius 1 is 1.37 bits per heavy atom. The molecule has 30 heavy (non-hydrogen) atoms. The number of hydrogen-bond donors (Lipinski definition) is 1. The van der Waals surface area contributed by atoms with Gasteiger partial charge in [-0.1, -0.05) is 27.5 Å². The molecule has 1 heterocycles. The first-order valence-electron chi connectivity index (χ1n) is 8.36. The van der Waals surface area contributed by atoms with Crippen LogP contribution in [0.15, 0.2) is 43.1 Å². The van der Waals surface area contributed by atoms with Crippen LogP contribution in [-0.2, 0) is 4.79 Å². The summed E-state index contributed by atoms with van der Waals surface area (Å²) < 4.78 is 12.8. The summed E-state index contributed by atoms with van der Waals surface area (Å²) in [5.41, 5.74) is 0.726. The van der Waals surface area contributed by atoms with Gasteiger partial charge in [0.25, 0.3) is 5.56 Å². The number of aryl methyl sites for hydroxylation is 1. The van der Waals surface area contributed by atoms with Crippen LogP contribution < -0.4 is 15.0 Å². The third kappa shape index (κ3) is 4.50. The molecule has 156 valence electrons. The highest BCUT2D eigenvalue weighted by Gasteiger charge is 2.18. The van der Waals surface area contributed by atoms with E-state index in [2.05, 4.69) is 41.9 Å². The van der Waals surface area contributed by atoms with Crippen LogP contribution >= 0.6 is 43.5 Å². The van der Waals surface area contributed by atoms with Crippen LogP contribution in [0.4, 0.5) is 0 Å². The Balaban J connectivity index is 2.07. The van der Waals surface area contributed by atoms with Gasteiger partial charge in [-0.25, -0.2) is 9.78 Å².